The van der Waals surface area contributed by atoms with E-state index in [9.17, 15) is 4.79 Å². The molecule has 1 nitrogen and oxygen atoms in total. The van der Waals surface area contributed by atoms with E-state index in [1.54, 1.807) is 0 Å². The van der Waals surface area contributed by atoms with Gasteiger partial charge in [-0.15, -0.1) is 0 Å². The zero-order valence-electron chi connectivity index (χ0n) is 4.98. The molecule has 0 saturated carbocycles. The molecule has 1 unspecified atom stereocenters. The monoisotopic (exact) mass is 177 g/mol. The Morgan fingerprint density at radius 1 is 1.88 bits per heavy atom. The van der Waals surface area contributed by atoms with Crippen molar-refractivity contribution >= 4 is 21.7 Å². The van der Waals surface area contributed by atoms with Crippen LogP contribution in [-0.4, -0.2) is 10.6 Å². The Bertz CT molecular complexity index is 78.6. The highest BCUT2D eigenvalue weighted by molar-refractivity contribution is 9.10. The van der Waals surface area contributed by atoms with E-state index >= 15 is 0 Å². The minimum absolute atomic E-state index is 0.00394. The van der Waals surface area contributed by atoms with Crippen molar-refractivity contribution < 1.29 is 4.79 Å². The van der Waals surface area contributed by atoms with Crippen molar-refractivity contribution in [3.8, 4) is 0 Å². The largest absolute Gasteiger partial charge is 0.298 e. The molecule has 0 fully saturated rings. The molecule has 0 aliphatic rings. The van der Waals surface area contributed by atoms with E-state index in [1.807, 2.05) is 6.92 Å². The summed E-state index contributed by atoms with van der Waals surface area (Å²) in [6.45, 7) is 5.40. The van der Waals surface area contributed by atoms with Gasteiger partial charge in [0, 0.05) is 6.42 Å². The molecule has 0 bridgehead atoms. The van der Waals surface area contributed by atoms with Crippen LogP contribution in [0.4, 0.5) is 0 Å². The Labute approximate surface area is 58.6 Å². The number of ketones is 1. The molecule has 0 heterocycles. The second kappa shape index (κ2) is 4.07. The van der Waals surface area contributed by atoms with Gasteiger partial charge in [-0.05, 0) is 13.3 Å². The standard InChI is InChI=1S/C6H10BrO/c1-3-4-6(8)5(2)7/h5H,1,3-4H2,2H3. The molecule has 1 atom stereocenters. The molecule has 8 heavy (non-hydrogen) atoms. The van der Waals surface area contributed by atoms with Crippen LogP contribution >= 0.6 is 15.9 Å². The maximum Gasteiger partial charge on any atom is 0.146 e. The molecule has 1 radical (unpaired) electrons. The van der Waals surface area contributed by atoms with Gasteiger partial charge >= 0.3 is 0 Å². The molecule has 0 aliphatic carbocycles. The van der Waals surface area contributed by atoms with Crippen LogP contribution in [0.15, 0.2) is 0 Å². The molecule has 0 N–H and O–H groups in total. The lowest BCUT2D eigenvalue weighted by molar-refractivity contribution is -0.118. The molecule has 0 aromatic heterocycles. The van der Waals surface area contributed by atoms with Gasteiger partial charge in [0.1, 0.15) is 5.78 Å². The maximum absolute atomic E-state index is 10.7. The highest BCUT2D eigenvalue weighted by atomic mass is 79.9. The summed E-state index contributed by atoms with van der Waals surface area (Å²) in [5.74, 6) is 0.236. The normalized spacial score (nSPS) is 13.4. The van der Waals surface area contributed by atoms with Crippen LogP contribution in [0.1, 0.15) is 19.8 Å². The van der Waals surface area contributed by atoms with Crippen LogP contribution in [0, 0.1) is 6.92 Å². The SMILES string of the molecule is [CH2]CCC(=O)C(C)Br. The van der Waals surface area contributed by atoms with Gasteiger partial charge in [0.05, 0.1) is 4.83 Å². The van der Waals surface area contributed by atoms with Crippen molar-refractivity contribution in [2.45, 2.75) is 24.6 Å². The average Bonchev–Trinajstić information content (AvgIpc) is 1.67. The Balaban J connectivity index is 3.33. The van der Waals surface area contributed by atoms with Gasteiger partial charge in [0.15, 0.2) is 0 Å². The van der Waals surface area contributed by atoms with E-state index in [2.05, 4.69) is 22.9 Å². The number of carbonyl (C=O) groups is 1. The van der Waals surface area contributed by atoms with Crippen molar-refractivity contribution in [2.75, 3.05) is 0 Å². The summed E-state index contributed by atoms with van der Waals surface area (Å²) in [5.41, 5.74) is 0. The molecule has 0 spiro atoms. The molecule has 0 aliphatic heterocycles. The molecule has 0 aromatic rings. The first-order valence-corrected chi connectivity index (χ1v) is 3.56. The third-order valence-electron chi connectivity index (χ3n) is 0.867. The summed E-state index contributed by atoms with van der Waals surface area (Å²) in [6.07, 6.45) is 1.29. The molecule has 0 aromatic carbocycles. The van der Waals surface area contributed by atoms with Crippen LogP contribution in [0.25, 0.3) is 0 Å². The highest BCUT2D eigenvalue weighted by Gasteiger charge is 2.05. The fraction of sp³-hybridized carbons (Fsp3) is 0.667. The fourth-order valence-electron chi connectivity index (χ4n) is 0.373. The number of hydrogen-bond donors (Lipinski definition) is 0. The van der Waals surface area contributed by atoms with Gasteiger partial charge in [-0.25, -0.2) is 0 Å². The smallest absolute Gasteiger partial charge is 0.146 e. The summed E-state index contributed by atoms with van der Waals surface area (Å²) >= 11 is 3.16. The molecular formula is C6H10BrO. The van der Waals surface area contributed by atoms with Gasteiger partial charge in [0.25, 0.3) is 0 Å². The van der Waals surface area contributed by atoms with E-state index in [1.165, 1.54) is 0 Å². The third kappa shape index (κ3) is 3.19. The number of hydrogen-bond acceptors (Lipinski definition) is 1. The highest BCUT2D eigenvalue weighted by Crippen LogP contribution is 2.02. The lowest BCUT2D eigenvalue weighted by Gasteiger charge is -1.96. The van der Waals surface area contributed by atoms with E-state index in [0.717, 1.165) is 0 Å². The van der Waals surface area contributed by atoms with E-state index in [-0.39, 0.29) is 10.6 Å². The predicted octanol–water partition coefficient (Wildman–Crippen LogP) is 1.95. The van der Waals surface area contributed by atoms with Crippen molar-refractivity contribution in [1.82, 2.24) is 0 Å². The van der Waals surface area contributed by atoms with Crippen LogP contribution < -0.4 is 0 Å². The lowest BCUT2D eigenvalue weighted by atomic mass is 10.2. The average molecular weight is 178 g/mol. The second-order valence-electron chi connectivity index (χ2n) is 1.69. The minimum Gasteiger partial charge on any atom is -0.298 e. The number of rotatable bonds is 3. The van der Waals surface area contributed by atoms with Gasteiger partial charge in [-0.2, -0.15) is 0 Å². The van der Waals surface area contributed by atoms with Gasteiger partial charge in [-0.1, -0.05) is 22.9 Å². The summed E-state index contributed by atoms with van der Waals surface area (Å²) in [6, 6.07) is 0. The summed E-state index contributed by atoms with van der Waals surface area (Å²) in [7, 11) is 0. The lowest BCUT2D eigenvalue weighted by Crippen LogP contribution is -2.07. The van der Waals surface area contributed by atoms with Gasteiger partial charge in [-0.3, -0.25) is 4.79 Å². The van der Waals surface area contributed by atoms with Crippen LogP contribution in [0.5, 0.6) is 0 Å². The zero-order valence-corrected chi connectivity index (χ0v) is 6.57. The van der Waals surface area contributed by atoms with E-state index in [0.29, 0.717) is 12.8 Å². The van der Waals surface area contributed by atoms with Crippen molar-refractivity contribution in [3.05, 3.63) is 6.92 Å². The molecule has 0 saturated heterocycles. The molecule has 2 heteroatoms. The van der Waals surface area contributed by atoms with Crippen molar-refractivity contribution in [2.24, 2.45) is 0 Å². The summed E-state index contributed by atoms with van der Waals surface area (Å²) in [4.78, 5) is 10.7. The fourth-order valence-corrected chi connectivity index (χ4v) is 0.602. The summed E-state index contributed by atoms with van der Waals surface area (Å²) in [5, 5.41) is 0. The van der Waals surface area contributed by atoms with Gasteiger partial charge in [0.2, 0.25) is 0 Å². The number of halogens is 1. The first-order valence-electron chi connectivity index (χ1n) is 2.64. The van der Waals surface area contributed by atoms with Crippen LogP contribution in [-0.2, 0) is 4.79 Å². The topological polar surface area (TPSA) is 17.1 Å². The Hall–Kier alpha value is 0.150. The summed E-state index contributed by atoms with van der Waals surface area (Å²) < 4.78 is 0. The number of Topliss-reactive ketones (excluding diaryl/α,β-unsaturated/α-hetero) is 1. The minimum atomic E-state index is 0.00394. The Morgan fingerprint density at radius 3 is 2.50 bits per heavy atom. The van der Waals surface area contributed by atoms with Crippen molar-refractivity contribution in [3.63, 3.8) is 0 Å². The molecule has 47 valence electrons. The third-order valence-corrected chi connectivity index (χ3v) is 1.38. The zero-order chi connectivity index (χ0) is 6.57. The second-order valence-corrected chi connectivity index (χ2v) is 3.06. The predicted molar refractivity (Wildman–Crippen MR) is 38.0 cm³/mol. The number of alkyl halides is 1. The molecular weight excluding hydrogens is 168 g/mol. The first kappa shape index (κ1) is 8.15. The van der Waals surface area contributed by atoms with Crippen LogP contribution in [0.3, 0.4) is 0 Å². The maximum atomic E-state index is 10.7. The first-order chi connectivity index (χ1) is 3.68. The van der Waals surface area contributed by atoms with Crippen LogP contribution in [0.2, 0.25) is 0 Å². The van der Waals surface area contributed by atoms with Crippen molar-refractivity contribution in [1.29, 1.82) is 0 Å². The quantitative estimate of drug-likeness (QED) is 0.603. The Kier molecular flexibility index (Phi) is 4.15. The molecule has 0 rings (SSSR count). The Morgan fingerprint density at radius 2 is 2.38 bits per heavy atom. The van der Waals surface area contributed by atoms with E-state index < -0.39 is 0 Å². The van der Waals surface area contributed by atoms with Gasteiger partial charge < -0.3 is 0 Å². The van der Waals surface area contributed by atoms with E-state index in [4.69, 9.17) is 0 Å². The molecule has 0 amide bonds. The number of carbonyl (C=O) groups excluding carboxylic acids is 1.